The molecule has 1 atom stereocenters. The summed E-state index contributed by atoms with van der Waals surface area (Å²) in [5.41, 5.74) is 1.36. The quantitative estimate of drug-likeness (QED) is 0.721. The molecule has 0 aliphatic carbocycles. The Morgan fingerprint density at radius 1 is 1.18 bits per heavy atom. The average molecular weight is 396 g/mol. The molecule has 0 radical (unpaired) electrons. The van der Waals surface area contributed by atoms with Crippen LogP contribution in [0.15, 0.2) is 53.4 Å². The summed E-state index contributed by atoms with van der Waals surface area (Å²) in [7, 11) is 0. The van der Waals surface area contributed by atoms with Crippen LogP contribution in [0, 0.1) is 11.3 Å². The Hall–Kier alpha value is -2.98. The fourth-order valence-corrected chi connectivity index (χ4v) is 3.89. The smallest absolute Gasteiger partial charge is 0.344 e. The number of amides is 1. The van der Waals surface area contributed by atoms with Crippen molar-refractivity contribution in [1.82, 2.24) is 0 Å². The molecule has 0 N–H and O–H groups in total. The predicted octanol–water partition coefficient (Wildman–Crippen LogP) is 3.40. The Balaban J connectivity index is 1.53. The first-order chi connectivity index (χ1) is 13.6. The monoisotopic (exact) mass is 396 g/mol. The van der Waals surface area contributed by atoms with Crippen molar-refractivity contribution in [2.45, 2.75) is 23.5 Å². The number of benzene rings is 2. The highest BCUT2D eigenvalue weighted by Crippen LogP contribution is 2.37. The van der Waals surface area contributed by atoms with Gasteiger partial charge in [0.2, 0.25) is 0 Å². The Morgan fingerprint density at radius 2 is 1.93 bits per heavy atom. The van der Waals surface area contributed by atoms with E-state index in [1.807, 2.05) is 30.3 Å². The molecule has 1 aliphatic heterocycles. The van der Waals surface area contributed by atoms with Crippen LogP contribution in [0.5, 0.6) is 5.75 Å². The van der Waals surface area contributed by atoms with E-state index in [0.717, 1.165) is 17.0 Å². The number of ether oxygens (including phenoxy) is 2. The van der Waals surface area contributed by atoms with Crippen molar-refractivity contribution in [1.29, 1.82) is 5.26 Å². The molecule has 1 amide bonds. The molecular weight excluding hydrogens is 376 g/mol. The first-order valence-electron chi connectivity index (χ1n) is 8.91. The second-order valence-electron chi connectivity index (χ2n) is 6.32. The van der Waals surface area contributed by atoms with E-state index in [9.17, 15) is 9.59 Å². The molecule has 0 bridgehead atoms. The van der Waals surface area contributed by atoms with Crippen LogP contribution in [0.3, 0.4) is 0 Å². The van der Waals surface area contributed by atoms with Gasteiger partial charge in [-0.3, -0.25) is 4.79 Å². The SMILES string of the molecule is C[C@@H]1CCN(C(=O)COC(=O)COc2ccc(C#N)cc2)c2ccccc2S1. The van der Waals surface area contributed by atoms with Gasteiger partial charge < -0.3 is 14.4 Å². The average Bonchev–Trinajstić information content (AvgIpc) is 2.89. The van der Waals surface area contributed by atoms with E-state index in [4.69, 9.17) is 14.7 Å². The lowest BCUT2D eigenvalue weighted by atomic mass is 10.2. The van der Waals surface area contributed by atoms with Crippen LogP contribution in [0.2, 0.25) is 0 Å². The molecule has 1 aliphatic rings. The lowest BCUT2D eigenvalue weighted by Gasteiger charge is -2.22. The number of nitriles is 1. The predicted molar refractivity (Wildman–Crippen MR) is 106 cm³/mol. The molecule has 2 aromatic rings. The Morgan fingerprint density at radius 3 is 2.68 bits per heavy atom. The third-order valence-corrected chi connectivity index (χ3v) is 5.48. The molecule has 7 heteroatoms. The number of anilines is 1. The number of hydrogen-bond donors (Lipinski definition) is 0. The molecule has 0 unspecified atom stereocenters. The number of nitrogens with zero attached hydrogens (tertiary/aromatic N) is 2. The zero-order chi connectivity index (χ0) is 19.9. The molecule has 28 heavy (non-hydrogen) atoms. The van der Waals surface area contributed by atoms with Crippen LogP contribution in [-0.2, 0) is 14.3 Å². The maximum absolute atomic E-state index is 12.6. The van der Waals surface area contributed by atoms with Gasteiger partial charge in [0, 0.05) is 16.7 Å². The Kier molecular flexibility index (Phi) is 6.56. The van der Waals surface area contributed by atoms with E-state index >= 15 is 0 Å². The number of carbonyl (C=O) groups excluding carboxylic acids is 2. The third kappa shape index (κ3) is 5.05. The summed E-state index contributed by atoms with van der Waals surface area (Å²) in [5, 5.41) is 9.17. The molecule has 0 saturated carbocycles. The van der Waals surface area contributed by atoms with Gasteiger partial charge >= 0.3 is 5.97 Å². The largest absolute Gasteiger partial charge is 0.482 e. The number of carbonyl (C=O) groups is 2. The molecule has 0 aromatic heterocycles. The standard InChI is InChI=1S/C21H20N2O4S/c1-15-10-11-23(18-4-2-3-5-19(18)28-15)20(24)13-27-21(25)14-26-17-8-6-16(12-22)7-9-17/h2-9,15H,10-11,13-14H2,1H3/t15-/m1/s1. The molecule has 0 saturated heterocycles. The molecule has 1 heterocycles. The number of para-hydroxylation sites is 1. The van der Waals surface area contributed by atoms with Gasteiger partial charge in [0.05, 0.1) is 17.3 Å². The van der Waals surface area contributed by atoms with Crippen molar-refractivity contribution in [3.63, 3.8) is 0 Å². The van der Waals surface area contributed by atoms with Crippen molar-refractivity contribution in [3.05, 3.63) is 54.1 Å². The summed E-state index contributed by atoms with van der Waals surface area (Å²) >= 11 is 1.74. The second-order valence-corrected chi connectivity index (χ2v) is 7.80. The molecular formula is C21H20N2O4S. The van der Waals surface area contributed by atoms with E-state index in [1.165, 1.54) is 0 Å². The summed E-state index contributed by atoms with van der Waals surface area (Å²) in [6.45, 7) is 2.09. The van der Waals surface area contributed by atoms with E-state index < -0.39 is 5.97 Å². The van der Waals surface area contributed by atoms with Crippen molar-refractivity contribution in [3.8, 4) is 11.8 Å². The highest BCUT2D eigenvalue weighted by Gasteiger charge is 2.24. The molecule has 144 valence electrons. The van der Waals surface area contributed by atoms with E-state index in [2.05, 4.69) is 6.92 Å². The lowest BCUT2D eigenvalue weighted by molar-refractivity contribution is -0.149. The van der Waals surface area contributed by atoms with Crippen molar-refractivity contribution < 1.29 is 19.1 Å². The van der Waals surface area contributed by atoms with Gasteiger partial charge in [0.15, 0.2) is 13.2 Å². The number of esters is 1. The minimum absolute atomic E-state index is 0.256. The fourth-order valence-electron chi connectivity index (χ4n) is 2.78. The summed E-state index contributed by atoms with van der Waals surface area (Å²) < 4.78 is 10.4. The first kappa shape index (κ1) is 19.8. The Labute approximate surface area is 168 Å². The number of hydrogen-bond acceptors (Lipinski definition) is 6. The zero-order valence-corrected chi connectivity index (χ0v) is 16.3. The van der Waals surface area contributed by atoms with Gasteiger partial charge in [0.25, 0.3) is 5.91 Å². The third-order valence-electron chi connectivity index (χ3n) is 4.24. The normalized spacial score (nSPS) is 15.7. The minimum Gasteiger partial charge on any atom is -0.482 e. The van der Waals surface area contributed by atoms with Gasteiger partial charge in [-0.2, -0.15) is 5.26 Å². The molecule has 3 rings (SSSR count). The zero-order valence-electron chi connectivity index (χ0n) is 15.5. The van der Waals surface area contributed by atoms with Gasteiger partial charge in [-0.25, -0.2) is 4.79 Å². The molecule has 0 fully saturated rings. The summed E-state index contributed by atoms with van der Waals surface area (Å²) in [4.78, 5) is 27.3. The van der Waals surface area contributed by atoms with Crippen LogP contribution < -0.4 is 9.64 Å². The number of fused-ring (bicyclic) bond motifs is 1. The minimum atomic E-state index is -0.622. The summed E-state index contributed by atoms with van der Waals surface area (Å²) in [6.07, 6.45) is 0.862. The van der Waals surface area contributed by atoms with Gasteiger partial charge in [0.1, 0.15) is 5.75 Å². The van der Waals surface area contributed by atoms with Crippen molar-refractivity contribution in [2.24, 2.45) is 0 Å². The fraction of sp³-hybridized carbons (Fsp3) is 0.286. The summed E-state index contributed by atoms with van der Waals surface area (Å²) in [5.74, 6) is -0.424. The first-order valence-corrected chi connectivity index (χ1v) is 9.79. The topological polar surface area (TPSA) is 79.6 Å². The number of thioether (sulfide) groups is 1. The molecule has 2 aromatic carbocycles. The summed E-state index contributed by atoms with van der Waals surface area (Å²) in [6, 6.07) is 16.2. The van der Waals surface area contributed by atoms with Crippen LogP contribution in [0.1, 0.15) is 18.9 Å². The van der Waals surface area contributed by atoms with Gasteiger partial charge in [-0.1, -0.05) is 19.1 Å². The van der Waals surface area contributed by atoms with Crippen LogP contribution >= 0.6 is 11.8 Å². The van der Waals surface area contributed by atoms with Crippen LogP contribution in [0.25, 0.3) is 0 Å². The van der Waals surface area contributed by atoms with Crippen molar-refractivity contribution in [2.75, 3.05) is 24.7 Å². The van der Waals surface area contributed by atoms with Crippen LogP contribution in [-0.4, -0.2) is 36.9 Å². The van der Waals surface area contributed by atoms with E-state index in [1.54, 1.807) is 40.9 Å². The molecule has 0 spiro atoms. The highest BCUT2D eigenvalue weighted by atomic mass is 32.2. The van der Waals surface area contributed by atoms with Gasteiger partial charge in [-0.15, -0.1) is 11.8 Å². The second kappa shape index (κ2) is 9.29. The van der Waals surface area contributed by atoms with E-state index in [-0.39, 0.29) is 19.1 Å². The Bertz CT molecular complexity index is 892. The van der Waals surface area contributed by atoms with Crippen LogP contribution in [0.4, 0.5) is 5.69 Å². The van der Waals surface area contributed by atoms with Crippen molar-refractivity contribution >= 4 is 29.3 Å². The van der Waals surface area contributed by atoms with E-state index in [0.29, 0.717) is 23.1 Å². The lowest BCUT2D eigenvalue weighted by Crippen LogP contribution is -2.36. The number of rotatable bonds is 5. The van der Waals surface area contributed by atoms with Gasteiger partial charge in [-0.05, 0) is 42.8 Å². The maximum Gasteiger partial charge on any atom is 0.344 e. The maximum atomic E-state index is 12.6. The highest BCUT2D eigenvalue weighted by molar-refractivity contribution is 8.00. The molecule has 6 nitrogen and oxygen atoms in total.